The molecule has 1 rings (SSSR count). The summed E-state index contributed by atoms with van der Waals surface area (Å²) in [5, 5.41) is 0. The lowest BCUT2D eigenvalue weighted by atomic mass is 10.3. The Labute approximate surface area is 60.6 Å². The lowest BCUT2D eigenvalue weighted by molar-refractivity contribution is -0.142. The van der Waals surface area contributed by atoms with Crippen molar-refractivity contribution in [1.29, 1.82) is 0 Å². The van der Waals surface area contributed by atoms with E-state index in [2.05, 4.69) is 10.7 Å². The summed E-state index contributed by atoms with van der Waals surface area (Å²) >= 11 is 0. The highest BCUT2D eigenvalue weighted by atomic mass is 16.5. The van der Waals surface area contributed by atoms with Crippen LogP contribution in [0.4, 0.5) is 0 Å². The summed E-state index contributed by atoms with van der Waals surface area (Å²) in [7, 11) is 0. The molecule has 0 aromatic carbocycles. The van der Waals surface area contributed by atoms with Gasteiger partial charge in [-0.05, 0) is 18.8 Å². The first-order valence-electron chi connectivity index (χ1n) is 3.42. The summed E-state index contributed by atoms with van der Waals surface area (Å²) < 4.78 is 4.67. The quantitative estimate of drug-likeness (QED) is 0.429. The number of ether oxygens (including phenoxy) is 1. The van der Waals surface area contributed by atoms with E-state index in [1.165, 1.54) is 12.8 Å². The van der Waals surface area contributed by atoms with Crippen LogP contribution in [0.2, 0.25) is 0 Å². The molecular weight excluding hydrogens is 128 g/mol. The third kappa shape index (κ3) is 2.54. The van der Waals surface area contributed by atoms with Crippen molar-refractivity contribution in [3.63, 3.8) is 0 Å². The molecule has 0 unspecified atom stereocenters. The lowest BCUT2D eigenvalue weighted by Crippen LogP contribution is -2.04. The van der Waals surface area contributed by atoms with Crippen molar-refractivity contribution in [3.05, 3.63) is 0 Å². The van der Waals surface area contributed by atoms with Gasteiger partial charge in [-0.3, -0.25) is 4.79 Å². The zero-order valence-corrected chi connectivity index (χ0v) is 5.80. The predicted molar refractivity (Wildman–Crippen MR) is 37.1 cm³/mol. The third-order valence-corrected chi connectivity index (χ3v) is 1.47. The molecule has 2 nitrogen and oxygen atoms in total. The summed E-state index contributed by atoms with van der Waals surface area (Å²) in [4.78, 5) is 10.7. The van der Waals surface area contributed by atoms with Crippen LogP contribution in [0.3, 0.4) is 0 Å². The summed E-state index contributed by atoms with van der Waals surface area (Å²) in [5.74, 6) is 2.69. The first kappa shape index (κ1) is 7.14. The highest BCUT2D eigenvalue weighted by molar-refractivity contribution is 5.70. The van der Waals surface area contributed by atoms with Gasteiger partial charge in [0, 0.05) is 6.42 Å². The van der Waals surface area contributed by atoms with Crippen LogP contribution in [-0.4, -0.2) is 12.6 Å². The molecule has 0 heterocycles. The molecule has 0 aliphatic heterocycles. The van der Waals surface area contributed by atoms with E-state index in [-0.39, 0.29) is 12.6 Å². The number of rotatable bonds is 3. The summed E-state index contributed by atoms with van der Waals surface area (Å²) in [6.07, 6.45) is 7.80. The maximum absolute atomic E-state index is 10.7. The highest BCUT2D eigenvalue weighted by Crippen LogP contribution is 2.32. The van der Waals surface area contributed by atoms with Crippen LogP contribution in [0, 0.1) is 18.3 Å². The highest BCUT2D eigenvalue weighted by Gasteiger charge is 2.24. The van der Waals surface area contributed by atoms with E-state index in [0.717, 1.165) is 0 Å². The van der Waals surface area contributed by atoms with Gasteiger partial charge in [-0.2, -0.15) is 0 Å². The molecule has 0 aromatic rings. The monoisotopic (exact) mass is 138 g/mol. The van der Waals surface area contributed by atoms with Crippen LogP contribution < -0.4 is 0 Å². The first-order chi connectivity index (χ1) is 4.83. The molecule has 1 aliphatic carbocycles. The van der Waals surface area contributed by atoms with E-state index in [1.807, 2.05) is 0 Å². The number of carbonyl (C=O) groups is 1. The minimum Gasteiger partial charge on any atom is -0.452 e. The average Bonchev–Trinajstić information content (AvgIpc) is 2.67. The Kier molecular flexibility index (Phi) is 2.33. The van der Waals surface area contributed by atoms with Gasteiger partial charge < -0.3 is 4.74 Å². The second-order valence-corrected chi connectivity index (χ2v) is 2.51. The number of esters is 1. The Hall–Kier alpha value is -0.970. The molecule has 0 amide bonds. The number of hydrogen-bond acceptors (Lipinski definition) is 2. The van der Waals surface area contributed by atoms with E-state index in [4.69, 9.17) is 6.42 Å². The van der Waals surface area contributed by atoms with Crippen molar-refractivity contribution in [2.75, 3.05) is 6.61 Å². The minimum absolute atomic E-state index is 0.117. The Morgan fingerprint density at radius 2 is 2.40 bits per heavy atom. The summed E-state index contributed by atoms with van der Waals surface area (Å²) in [5.41, 5.74) is 0. The van der Waals surface area contributed by atoms with Crippen LogP contribution in [-0.2, 0) is 9.53 Å². The van der Waals surface area contributed by atoms with Crippen LogP contribution in [0.1, 0.15) is 19.3 Å². The fourth-order valence-corrected chi connectivity index (χ4v) is 0.739. The van der Waals surface area contributed by atoms with E-state index in [0.29, 0.717) is 12.3 Å². The minimum atomic E-state index is -0.152. The molecule has 0 aromatic heterocycles. The summed E-state index contributed by atoms with van der Waals surface area (Å²) in [6.45, 7) is 0.117. The van der Waals surface area contributed by atoms with Crippen LogP contribution >= 0.6 is 0 Å². The molecule has 0 N–H and O–H groups in total. The Bertz CT molecular complexity index is 163. The van der Waals surface area contributed by atoms with Gasteiger partial charge in [0.15, 0.2) is 6.61 Å². The van der Waals surface area contributed by atoms with Crippen LogP contribution in [0.5, 0.6) is 0 Å². The topological polar surface area (TPSA) is 26.3 Å². The molecular formula is C8H10O2. The van der Waals surface area contributed by atoms with Crippen molar-refractivity contribution in [3.8, 4) is 12.3 Å². The number of terminal acetylenes is 1. The molecule has 10 heavy (non-hydrogen) atoms. The molecule has 1 aliphatic rings. The van der Waals surface area contributed by atoms with Gasteiger partial charge in [0.2, 0.25) is 0 Å². The standard InChI is InChI=1S/C8H10O2/c1-2-5-10-8(9)6-7-3-4-7/h1,7H,3-6H2. The second-order valence-electron chi connectivity index (χ2n) is 2.51. The van der Waals surface area contributed by atoms with E-state index >= 15 is 0 Å². The third-order valence-electron chi connectivity index (χ3n) is 1.47. The lowest BCUT2D eigenvalue weighted by Gasteiger charge is -1.97. The molecule has 0 bridgehead atoms. The van der Waals surface area contributed by atoms with Crippen LogP contribution in [0.15, 0.2) is 0 Å². The van der Waals surface area contributed by atoms with Gasteiger partial charge in [0.1, 0.15) is 0 Å². The molecule has 54 valence electrons. The number of carbonyl (C=O) groups excluding carboxylic acids is 1. The SMILES string of the molecule is C#CCOC(=O)CC1CC1. The van der Waals surface area contributed by atoms with Gasteiger partial charge in [0.05, 0.1) is 0 Å². The molecule has 0 spiro atoms. The van der Waals surface area contributed by atoms with E-state index < -0.39 is 0 Å². The zero-order valence-electron chi connectivity index (χ0n) is 5.80. The largest absolute Gasteiger partial charge is 0.452 e. The van der Waals surface area contributed by atoms with Crippen molar-refractivity contribution in [2.45, 2.75) is 19.3 Å². The second kappa shape index (κ2) is 3.26. The fourth-order valence-electron chi connectivity index (χ4n) is 0.739. The predicted octanol–water partition coefficient (Wildman–Crippen LogP) is 0.963. The van der Waals surface area contributed by atoms with Gasteiger partial charge in [-0.25, -0.2) is 0 Å². The Morgan fingerprint density at radius 3 is 2.90 bits per heavy atom. The Balaban J connectivity index is 2.03. The van der Waals surface area contributed by atoms with E-state index in [1.54, 1.807) is 0 Å². The Morgan fingerprint density at radius 1 is 1.70 bits per heavy atom. The van der Waals surface area contributed by atoms with Gasteiger partial charge >= 0.3 is 5.97 Å². The van der Waals surface area contributed by atoms with Crippen molar-refractivity contribution >= 4 is 5.97 Å². The summed E-state index contributed by atoms with van der Waals surface area (Å²) in [6, 6.07) is 0. The van der Waals surface area contributed by atoms with Gasteiger partial charge in [-0.1, -0.05) is 5.92 Å². The van der Waals surface area contributed by atoms with Crippen molar-refractivity contribution in [1.82, 2.24) is 0 Å². The molecule has 1 fully saturated rings. The molecule has 0 radical (unpaired) electrons. The normalized spacial score (nSPS) is 15.9. The van der Waals surface area contributed by atoms with E-state index in [9.17, 15) is 4.79 Å². The van der Waals surface area contributed by atoms with Gasteiger partial charge in [-0.15, -0.1) is 6.42 Å². The first-order valence-corrected chi connectivity index (χ1v) is 3.42. The average molecular weight is 138 g/mol. The van der Waals surface area contributed by atoms with Crippen LogP contribution in [0.25, 0.3) is 0 Å². The molecule has 0 saturated heterocycles. The molecule has 2 heteroatoms. The maximum Gasteiger partial charge on any atom is 0.307 e. The number of hydrogen-bond donors (Lipinski definition) is 0. The van der Waals surface area contributed by atoms with Crippen molar-refractivity contribution < 1.29 is 9.53 Å². The molecule has 0 atom stereocenters. The maximum atomic E-state index is 10.7. The smallest absolute Gasteiger partial charge is 0.307 e. The fraction of sp³-hybridized carbons (Fsp3) is 0.625. The molecule has 1 saturated carbocycles. The van der Waals surface area contributed by atoms with Crippen molar-refractivity contribution in [2.24, 2.45) is 5.92 Å². The zero-order chi connectivity index (χ0) is 7.40. The van der Waals surface area contributed by atoms with Gasteiger partial charge in [0.25, 0.3) is 0 Å².